The smallest absolute Gasteiger partial charge is 0.303 e. The number of para-hydroxylation sites is 1. The molecule has 1 fully saturated rings. The number of esters is 4. The van der Waals surface area contributed by atoms with Crippen LogP contribution in [-0.2, 0) is 49.5 Å². The number of benzene rings is 1. The number of halogens is 1. The first-order chi connectivity index (χ1) is 15.1. The van der Waals surface area contributed by atoms with Crippen molar-refractivity contribution in [3.8, 4) is 5.75 Å². The van der Waals surface area contributed by atoms with Gasteiger partial charge in [-0.2, -0.15) is 0 Å². The first-order valence-corrected chi connectivity index (χ1v) is 9.73. The molecule has 2 rings (SSSR count). The third-order valence-corrected chi connectivity index (χ3v) is 4.31. The third kappa shape index (κ3) is 6.91. The van der Waals surface area contributed by atoms with E-state index < -0.39 is 61.3 Å². The van der Waals surface area contributed by atoms with Gasteiger partial charge in [-0.1, -0.05) is 18.2 Å². The van der Waals surface area contributed by atoms with E-state index in [-0.39, 0.29) is 17.9 Å². The molecule has 176 valence electrons. The van der Waals surface area contributed by atoms with Crippen molar-refractivity contribution in [1.29, 1.82) is 0 Å². The summed E-state index contributed by atoms with van der Waals surface area (Å²) in [4.78, 5) is 46.6. The Morgan fingerprint density at radius 3 is 1.97 bits per heavy atom. The minimum Gasteiger partial charge on any atom is -0.463 e. The maximum Gasteiger partial charge on any atom is 0.303 e. The summed E-state index contributed by atoms with van der Waals surface area (Å²) in [5.41, 5.74) is 0.195. The summed E-state index contributed by atoms with van der Waals surface area (Å²) < 4.78 is 45.8. The van der Waals surface area contributed by atoms with Crippen LogP contribution in [0.3, 0.4) is 0 Å². The molecule has 1 aliphatic heterocycles. The zero-order chi connectivity index (χ0) is 23.8. The Balaban J connectivity index is 2.48. The summed E-state index contributed by atoms with van der Waals surface area (Å²) in [5, 5.41) is 0. The molecule has 2 unspecified atom stereocenters. The standard InChI is InChI=1S/C21H25FO10/c1-11(23)27-10-17-18(28-12(2)24)19(29-13(3)25)20(30-14(4)26)21(32-17)31-16-8-6-5-7-15(16)9-22/h5-8,17-21H,9-10H2,1-4H3/t17?,18-,19-,20?,21+/m0/s1. The molecule has 0 N–H and O–H groups in total. The van der Waals surface area contributed by atoms with E-state index in [2.05, 4.69) is 0 Å². The summed E-state index contributed by atoms with van der Waals surface area (Å²) >= 11 is 0. The lowest BCUT2D eigenvalue weighted by Crippen LogP contribution is -2.63. The summed E-state index contributed by atoms with van der Waals surface area (Å²) in [6.45, 7) is 3.28. The highest BCUT2D eigenvalue weighted by Gasteiger charge is 2.53. The van der Waals surface area contributed by atoms with Crippen LogP contribution in [0.4, 0.5) is 4.39 Å². The van der Waals surface area contributed by atoms with Gasteiger partial charge in [0, 0.05) is 33.3 Å². The second-order valence-corrected chi connectivity index (χ2v) is 6.93. The molecular weight excluding hydrogens is 431 g/mol. The van der Waals surface area contributed by atoms with Gasteiger partial charge in [0.1, 0.15) is 25.1 Å². The molecule has 0 aliphatic carbocycles. The normalized spacial score (nSPS) is 24.7. The van der Waals surface area contributed by atoms with E-state index in [1.54, 1.807) is 12.1 Å². The molecule has 32 heavy (non-hydrogen) atoms. The van der Waals surface area contributed by atoms with E-state index in [1.165, 1.54) is 19.1 Å². The summed E-state index contributed by atoms with van der Waals surface area (Å²) in [5.74, 6) is -2.81. The first-order valence-electron chi connectivity index (χ1n) is 9.73. The van der Waals surface area contributed by atoms with E-state index in [9.17, 15) is 23.6 Å². The van der Waals surface area contributed by atoms with Crippen LogP contribution in [0.5, 0.6) is 5.75 Å². The monoisotopic (exact) mass is 456 g/mol. The minimum atomic E-state index is -1.41. The maximum absolute atomic E-state index is 13.4. The Labute approximate surface area is 183 Å². The molecule has 0 saturated carbocycles. The van der Waals surface area contributed by atoms with Crippen molar-refractivity contribution in [2.75, 3.05) is 6.61 Å². The minimum absolute atomic E-state index is 0.0934. The van der Waals surface area contributed by atoms with E-state index >= 15 is 0 Å². The molecule has 1 saturated heterocycles. The molecule has 0 spiro atoms. The van der Waals surface area contributed by atoms with Crippen LogP contribution in [0.1, 0.15) is 33.3 Å². The molecule has 1 aromatic rings. The predicted octanol–water partition coefficient (Wildman–Crippen LogP) is 1.62. The Hall–Kier alpha value is -3.21. The van der Waals surface area contributed by atoms with Gasteiger partial charge in [-0.3, -0.25) is 19.2 Å². The number of carbonyl (C=O) groups is 4. The van der Waals surface area contributed by atoms with Crippen molar-refractivity contribution in [2.24, 2.45) is 0 Å². The number of rotatable bonds is 8. The van der Waals surface area contributed by atoms with Crippen molar-refractivity contribution in [1.82, 2.24) is 0 Å². The van der Waals surface area contributed by atoms with Gasteiger partial charge >= 0.3 is 23.9 Å². The van der Waals surface area contributed by atoms with Gasteiger partial charge in [0.15, 0.2) is 12.2 Å². The van der Waals surface area contributed by atoms with Crippen LogP contribution >= 0.6 is 0 Å². The maximum atomic E-state index is 13.4. The summed E-state index contributed by atoms with van der Waals surface area (Å²) in [6, 6.07) is 6.17. The molecule has 1 heterocycles. The van der Waals surface area contributed by atoms with Gasteiger partial charge in [-0.15, -0.1) is 0 Å². The van der Waals surface area contributed by atoms with E-state index in [1.807, 2.05) is 0 Å². The van der Waals surface area contributed by atoms with E-state index in [0.29, 0.717) is 0 Å². The zero-order valence-electron chi connectivity index (χ0n) is 18.1. The average molecular weight is 456 g/mol. The topological polar surface area (TPSA) is 124 Å². The number of ether oxygens (including phenoxy) is 6. The fourth-order valence-corrected chi connectivity index (χ4v) is 3.14. The molecule has 0 bridgehead atoms. The molecule has 0 radical (unpaired) electrons. The Bertz CT molecular complexity index is 842. The quantitative estimate of drug-likeness (QED) is 0.421. The van der Waals surface area contributed by atoms with Crippen LogP contribution in [0.25, 0.3) is 0 Å². The van der Waals surface area contributed by atoms with Crippen LogP contribution in [-0.4, -0.2) is 61.2 Å². The fraction of sp³-hybridized carbons (Fsp3) is 0.524. The molecule has 10 nitrogen and oxygen atoms in total. The highest BCUT2D eigenvalue weighted by molar-refractivity contribution is 5.68. The lowest BCUT2D eigenvalue weighted by Gasteiger charge is -2.44. The van der Waals surface area contributed by atoms with Gasteiger partial charge in [0.05, 0.1) is 0 Å². The lowest BCUT2D eigenvalue weighted by molar-refractivity contribution is -0.288. The second-order valence-electron chi connectivity index (χ2n) is 6.93. The summed E-state index contributed by atoms with van der Waals surface area (Å²) in [6.07, 6.45) is -6.61. The SMILES string of the molecule is CC(=O)OCC1O[C@@H](Oc2ccccc2CF)C(OC(C)=O)[C@@H](OC(C)=O)[C@H]1OC(C)=O. The van der Waals surface area contributed by atoms with Crippen LogP contribution in [0, 0.1) is 0 Å². The third-order valence-electron chi connectivity index (χ3n) is 4.31. The largest absolute Gasteiger partial charge is 0.463 e. The number of carbonyl (C=O) groups excluding carboxylic acids is 4. The molecule has 11 heteroatoms. The van der Waals surface area contributed by atoms with Gasteiger partial charge in [-0.25, -0.2) is 4.39 Å². The lowest BCUT2D eigenvalue weighted by atomic mass is 9.98. The van der Waals surface area contributed by atoms with Gasteiger partial charge < -0.3 is 28.4 Å². The van der Waals surface area contributed by atoms with Gasteiger partial charge in [0.25, 0.3) is 0 Å². The second kappa shape index (κ2) is 11.4. The molecule has 0 amide bonds. The molecule has 1 aliphatic rings. The highest BCUT2D eigenvalue weighted by atomic mass is 19.1. The average Bonchev–Trinajstić information content (AvgIpc) is 2.70. The van der Waals surface area contributed by atoms with Crippen LogP contribution in [0.15, 0.2) is 24.3 Å². The highest BCUT2D eigenvalue weighted by Crippen LogP contribution is 2.32. The molecule has 5 atom stereocenters. The summed E-state index contributed by atoms with van der Waals surface area (Å²) in [7, 11) is 0. The number of hydrogen-bond donors (Lipinski definition) is 0. The van der Waals surface area contributed by atoms with Crippen LogP contribution in [0.2, 0.25) is 0 Å². The molecule has 1 aromatic carbocycles. The first kappa shape index (κ1) is 25.1. The van der Waals surface area contributed by atoms with E-state index in [4.69, 9.17) is 28.4 Å². The van der Waals surface area contributed by atoms with Crippen molar-refractivity contribution in [3.05, 3.63) is 29.8 Å². The van der Waals surface area contributed by atoms with Crippen molar-refractivity contribution in [2.45, 2.75) is 65.1 Å². The fourth-order valence-electron chi connectivity index (χ4n) is 3.14. The van der Waals surface area contributed by atoms with Gasteiger partial charge in [-0.05, 0) is 6.07 Å². The molecule has 0 aromatic heterocycles. The Morgan fingerprint density at radius 2 is 1.41 bits per heavy atom. The van der Waals surface area contributed by atoms with Crippen molar-refractivity contribution < 1.29 is 52.0 Å². The number of alkyl halides is 1. The Morgan fingerprint density at radius 1 is 0.844 bits per heavy atom. The zero-order valence-corrected chi connectivity index (χ0v) is 18.1. The Kier molecular flexibility index (Phi) is 8.94. The number of hydrogen-bond acceptors (Lipinski definition) is 10. The van der Waals surface area contributed by atoms with Crippen molar-refractivity contribution >= 4 is 23.9 Å². The van der Waals surface area contributed by atoms with Gasteiger partial charge in [0.2, 0.25) is 12.4 Å². The predicted molar refractivity (Wildman–Crippen MR) is 104 cm³/mol. The van der Waals surface area contributed by atoms with E-state index in [0.717, 1.165) is 20.8 Å². The molecular formula is C21H25FO10. The van der Waals surface area contributed by atoms with Crippen molar-refractivity contribution in [3.63, 3.8) is 0 Å². The van der Waals surface area contributed by atoms with Crippen LogP contribution < -0.4 is 4.74 Å².